The molecule has 0 spiro atoms. The topological polar surface area (TPSA) is 62.6 Å². The molecule has 1 N–H and O–H groups in total. The third-order valence-electron chi connectivity index (χ3n) is 5.16. The van der Waals surface area contributed by atoms with Crippen LogP contribution in [0.5, 0.6) is 11.5 Å². The number of ketones is 1. The van der Waals surface area contributed by atoms with Gasteiger partial charge in [0.2, 0.25) is 0 Å². The lowest BCUT2D eigenvalue weighted by Gasteiger charge is -2.21. The van der Waals surface area contributed by atoms with Crippen LogP contribution in [0, 0.1) is 11.2 Å². The smallest absolute Gasteiger partial charge is 0.197 e. The molecule has 160 valence electrons. The summed E-state index contributed by atoms with van der Waals surface area (Å²) in [6.45, 7) is 10.8. The summed E-state index contributed by atoms with van der Waals surface area (Å²) in [6.07, 6.45) is 0. The van der Waals surface area contributed by atoms with Crippen LogP contribution >= 0.6 is 0 Å². The van der Waals surface area contributed by atoms with Gasteiger partial charge in [-0.05, 0) is 42.5 Å². The molecule has 6 heteroatoms. The lowest BCUT2D eigenvalue weighted by molar-refractivity contribution is 0.0962. The number of fused-ring (bicyclic) bond motifs is 1. The molecule has 0 amide bonds. The minimum atomic E-state index is -0.604. The zero-order valence-electron chi connectivity index (χ0n) is 18.3. The predicted molar refractivity (Wildman–Crippen MR) is 115 cm³/mol. The van der Waals surface area contributed by atoms with Crippen molar-refractivity contribution in [1.82, 2.24) is 4.90 Å². The number of hydrogen-bond donors (Lipinski definition) is 1. The summed E-state index contributed by atoms with van der Waals surface area (Å²) >= 11 is 0. The molecule has 0 fully saturated rings. The van der Waals surface area contributed by atoms with Crippen molar-refractivity contribution in [1.29, 1.82) is 5.41 Å². The molecule has 2 aromatic carbocycles. The lowest BCUT2D eigenvalue weighted by Crippen LogP contribution is -2.30. The number of carbonyl (C=O) groups excluding carboxylic acids is 1. The minimum absolute atomic E-state index is 0.00757. The highest BCUT2D eigenvalue weighted by Crippen LogP contribution is 2.39. The molecule has 0 saturated heterocycles. The Bertz CT molecular complexity index is 979. The molecule has 5 nitrogen and oxygen atoms in total. The summed E-state index contributed by atoms with van der Waals surface area (Å²) in [5, 5.41) is 8.46. The van der Waals surface area contributed by atoms with Crippen molar-refractivity contribution in [3.05, 3.63) is 58.4 Å². The van der Waals surface area contributed by atoms with Crippen LogP contribution in [0.25, 0.3) is 0 Å². The Morgan fingerprint density at radius 1 is 1.17 bits per heavy atom. The second-order valence-corrected chi connectivity index (χ2v) is 8.38. The molecule has 3 rings (SSSR count). The van der Waals surface area contributed by atoms with E-state index in [-0.39, 0.29) is 48.0 Å². The first-order valence-corrected chi connectivity index (χ1v) is 10.3. The molecular formula is C24H29FN2O3. The van der Waals surface area contributed by atoms with Crippen molar-refractivity contribution in [2.75, 3.05) is 19.8 Å². The maximum absolute atomic E-state index is 15.2. The third kappa shape index (κ3) is 4.18. The Morgan fingerprint density at radius 3 is 2.50 bits per heavy atom. The van der Waals surface area contributed by atoms with Gasteiger partial charge in [-0.15, -0.1) is 0 Å². The van der Waals surface area contributed by atoms with Crippen LogP contribution in [0.1, 0.15) is 61.7 Å². The molecule has 0 aromatic heterocycles. The summed E-state index contributed by atoms with van der Waals surface area (Å²) in [7, 11) is 0. The summed E-state index contributed by atoms with van der Waals surface area (Å²) in [6, 6.07) is 9.28. The van der Waals surface area contributed by atoms with Crippen LogP contribution in [0.15, 0.2) is 30.3 Å². The molecule has 2 aromatic rings. The van der Waals surface area contributed by atoms with Crippen molar-refractivity contribution < 1.29 is 18.7 Å². The van der Waals surface area contributed by atoms with E-state index in [1.807, 2.05) is 25.1 Å². The number of benzene rings is 2. The molecule has 0 aliphatic carbocycles. The molecule has 0 bridgehead atoms. The number of amidine groups is 1. The van der Waals surface area contributed by atoms with E-state index >= 15 is 4.39 Å². The van der Waals surface area contributed by atoms with Crippen LogP contribution in [0.3, 0.4) is 0 Å². The number of halogens is 1. The Balaban J connectivity index is 1.86. The van der Waals surface area contributed by atoms with Crippen LogP contribution in [-0.4, -0.2) is 36.3 Å². The second kappa shape index (κ2) is 8.46. The Kier molecular flexibility index (Phi) is 6.15. The molecule has 1 aliphatic rings. The zero-order valence-corrected chi connectivity index (χ0v) is 18.3. The van der Waals surface area contributed by atoms with Gasteiger partial charge in [0.15, 0.2) is 23.1 Å². The maximum Gasteiger partial charge on any atom is 0.197 e. The molecule has 0 unspecified atom stereocenters. The van der Waals surface area contributed by atoms with E-state index in [1.54, 1.807) is 24.0 Å². The molecule has 1 aliphatic heterocycles. The predicted octanol–water partition coefficient (Wildman–Crippen LogP) is 4.94. The Hall–Kier alpha value is -2.89. The van der Waals surface area contributed by atoms with E-state index in [0.717, 1.165) is 5.56 Å². The minimum Gasteiger partial charge on any atom is -0.490 e. The van der Waals surface area contributed by atoms with Gasteiger partial charge in [0.25, 0.3) is 0 Å². The van der Waals surface area contributed by atoms with Crippen molar-refractivity contribution >= 4 is 11.6 Å². The van der Waals surface area contributed by atoms with Crippen LogP contribution < -0.4 is 9.47 Å². The molecule has 0 atom stereocenters. The van der Waals surface area contributed by atoms with E-state index in [0.29, 0.717) is 23.5 Å². The second-order valence-electron chi connectivity index (χ2n) is 8.38. The molecule has 0 radical (unpaired) electrons. The van der Waals surface area contributed by atoms with E-state index < -0.39 is 5.82 Å². The number of Topliss-reactive ketones (excluding diaryl/α,β-unsaturated/α-hetero) is 1. The van der Waals surface area contributed by atoms with Crippen LogP contribution in [0.2, 0.25) is 0 Å². The lowest BCUT2D eigenvalue weighted by atomic mass is 9.86. The monoisotopic (exact) mass is 412 g/mol. The van der Waals surface area contributed by atoms with Crippen LogP contribution in [0.4, 0.5) is 4.39 Å². The van der Waals surface area contributed by atoms with Crippen LogP contribution in [-0.2, 0) is 12.0 Å². The largest absolute Gasteiger partial charge is 0.490 e. The highest BCUT2D eigenvalue weighted by molar-refractivity contribution is 6.05. The zero-order chi connectivity index (χ0) is 22.1. The number of carbonyl (C=O) groups is 1. The van der Waals surface area contributed by atoms with E-state index in [4.69, 9.17) is 14.9 Å². The average molecular weight is 413 g/mol. The van der Waals surface area contributed by atoms with Crippen molar-refractivity contribution in [3.63, 3.8) is 0 Å². The first-order valence-electron chi connectivity index (χ1n) is 10.3. The van der Waals surface area contributed by atoms with Crippen molar-refractivity contribution in [2.45, 2.75) is 46.6 Å². The SMILES string of the molecule is CCOc1cc2c(c(F)c1OCC)C(=N)N(CC(=O)c1cccc(C(C)(C)C)c1)C2. The number of nitrogens with zero attached hydrogens (tertiary/aromatic N) is 1. The fraction of sp³-hybridized carbons (Fsp3) is 0.417. The number of ether oxygens (including phenoxy) is 2. The number of nitrogens with one attached hydrogen (secondary N) is 1. The van der Waals surface area contributed by atoms with Gasteiger partial charge in [-0.1, -0.05) is 39.0 Å². The molecule has 30 heavy (non-hydrogen) atoms. The summed E-state index contributed by atoms with van der Waals surface area (Å²) < 4.78 is 26.1. The summed E-state index contributed by atoms with van der Waals surface area (Å²) in [4.78, 5) is 14.5. The van der Waals surface area contributed by atoms with Crippen molar-refractivity contribution in [2.24, 2.45) is 0 Å². The Morgan fingerprint density at radius 2 is 1.87 bits per heavy atom. The highest BCUT2D eigenvalue weighted by Gasteiger charge is 2.33. The maximum atomic E-state index is 15.2. The fourth-order valence-corrected chi connectivity index (χ4v) is 3.58. The average Bonchev–Trinajstić information content (AvgIpc) is 3.00. The molecular weight excluding hydrogens is 383 g/mol. The van der Waals surface area contributed by atoms with Gasteiger partial charge in [-0.25, -0.2) is 4.39 Å². The molecule has 0 saturated carbocycles. The van der Waals surface area contributed by atoms with Gasteiger partial charge in [0.1, 0.15) is 5.84 Å². The van der Waals surface area contributed by atoms with E-state index in [9.17, 15) is 4.79 Å². The summed E-state index contributed by atoms with van der Waals surface area (Å²) in [5.41, 5.74) is 2.40. The highest BCUT2D eigenvalue weighted by atomic mass is 19.1. The molecule has 1 heterocycles. The number of hydrogen-bond acceptors (Lipinski definition) is 4. The summed E-state index contributed by atoms with van der Waals surface area (Å²) in [5.74, 6) is -0.364. The standard InChI is InChI=1S/C24H29FN2O3/c1-6-29-19-12-16-13-27(23(26)20(16)21(25)22(19)30-7-2)14-18(28)15-9-8-10-17(11-15)24(3,4)5/h8-12,26H,6-7,13-14H2,1-5H3. The first kappa shape index (κ1) is 21.8. The van der Waals surface area contributed by atoms with Gasteiger partial charge in [-0.3, -0.25) is 10.2 Å². The van der Waals surface area contributed by atoms with Crippen molar-refractivity contribution in [3.8, 4) is 11.5 Å². The normalized spacial score (nSPS) is 13.4. The van der Waals surface area contributed by atoms with E-state index in [1.165, 1.54) is 0 Å². The Labute approximate surface area is 177 Å². The van der Waals surface area contributed by atoms with Gasteiger partial charge < -0.3 is 14.4 Å². The quantitative estimate of drug-likeness (QED) is 0.654. The third-order valence-corrected chi connectivity index (χ3v) is 5.16. The van der Waals surface area contributed by atoms with Gasteiger partial charge in [-0.2, -0.15) is 0 Å². The fourth-order valence-electron chi connectivity index (χ4n) is 3.58. The van der Waals surface area contributed by atoms with Gasteiger partial charge >= 0.3 is 0 Å². The van der Waals surface area contributed by atoms with E-state index in [2.05, 4.69) is 20.8 Å². The first-order chi connectivity index (χ1) is 14.2. The number of rotatable bonds is 7. The van der Waals surface area contributed by atoms with Gasteiger partial charge in [0, 0.05) is 12.1 Å². The van der Waals surface area contributed by atoms with Gasteiger partial charge in [0.05, 0.1) is 25.3 Å².